The summed E-state index contributed by atoms with van der Waals surface area (Å²) in [5.41, 5.74) is 6.53. The zero-order valence-electron chi connectivity index (χ0n) is 16.5. The molecule has 30 heavy (non-hydrogen) atoms. The van der Waals surface area contributed by atoms with Crippen LogP contribution in [0.25, 0.3) is 0 Å². The first-order valence-electron chi connectivity index (χ1n) is 10.4. The number of aromatic nitrogens is 4. The summed E-state index contributed by atoms with van der Waals surface area (Å²) in [6, 6.07) is 0.362. The smallest absolute Gasteiger partial charge is 0.229 e. The van der Waals surface area contributed by atoms with Gasteiger partial charge in [-0.3, -0.25) is 9.48 Å². The Morgan fingerprint density at radius 3 is 2.83 bits per heavy atom. The SMILES string of the molecule is NC(=O)C1C2C=C[C@@H](C2)[C@H]1Nc1nc(Nc2cnn(C3CCNCC3)c2)ncc1Br. The van der Waals surface area contributed by atoms with Gasteiger partial charge >= 0.3 is 0 Å². The summed E-state index contributed by atoms with van der Waals surface area (Å²) < 4.78 is 2.76. The van der Waals surface area contributed by atoms with Crippen molar-refractivity contribution in [3.05, 3.63) is 35.2 Å². The number of allylic oxidation sites excluding steroid dienone is 1. The van der Waals surface area contributed by atoms with Gasteiger partial charge in [-0.2, -0.15) is 10.1 Å². The molecule has 10 heteroatoms. The van der Waals surface area contributed by atoms with Crippen LogP contribution >= 0.6 is 15.9 Å². The van der Waals surface area contributed by atoms with Crippen molar-refractivity contribution in [2.24, 2.45) is 23.5 Å². The van der Waals surface area contributed by atoms with E-state index >= 15 is 0 Å². The zero-order chi connectivity index (χ0) is 20.7. The fourth-order valence-corrected chi connectivity index (χ4v) is 5.20. The summed E-state index contributed by atoms with van der Waals surface area (Å²) in [6.07, 6.45) is 12.9. The lowest BCUT2D eigenvalue weighted by Crippen LogP contribution is -2.41. The van der Waals surface area contributed by atoms with Gasteiger partial charge in [-0.05, 0) is 60.1 Å². The van der Waals surface area contributed by atoms with Crippen molar-refractivity contribution in [2.75, 3.05) is 23.7 Å². The molecule has 1 aliphatic heterocycles. The Bertz CT molecular complexity index is 969. The van der Waals surface area contributed by atoms with Crippen LogP contribution in [0, 0.1) is 17.8 Å². The number of piperidine rings is 1. The fourth-order valence-electron chi connectivity index (χ4n) is 4.90. The predicted molar refractivity (Wildman–Crippen MR) is 117 cm³/mol. The molecule has 5 N–H and O–H groups in total. The number of carbonyl (C=O) groups is 1. The summed E-state index contributed by atoms with van der Waals surface area (Å²) in [5, 5.41) is 14.5. The van der Waals surface area contributed by atoms with Crippen LogP contribution in [0.5, 0.6) is 0 Å². The van der Waals surface area contributed by atoms with E-state index in [1.54, 1.807) is 12.4 Å². The second-order valence-electron chi connectivity index (χ2n) is 8.25. The number of nitrogens with two attached hydrogens (primary N) is 1. The summed E-state index contributed by atoms with van der Waals surface area (Å²) in [7, 11) is 0. The quantitative estimate of drug-likeness (QED) is 0.475. The number of nitrogens with zero attached hydrogens (tertiary/aromatic N) is 4. The first-order valence-corrected chi connectivity index (χ1v) is 11.2. The minimum Gasteiger partial charge on any atom is -0.369 e. The molecular formula is C20H25BrN8O. The second kappa shape index (κ2) is 7.99. The molecule has 1 saturated carbocycles. The molecule has 158 valence electrons. The van der Waals surface area contributed by atoms with E-state index < -0.39 is 0 Å². The molecule has 2 aromatic heterocycles. The van der Waals surface area contributed by atoms with Gasteiger partial charge < -0.3 is 21.7 Å². The Morgan fingerprint density at radius 1 is 1.23 bits per heavy atom. The molecule has 3 heterocycles. The average Bonchev–Trinajstić information content (AvgIpc) is 3.47. The molecule has 2 aromatic rings. The molecule has 1 amide bonds. The van der Waals surface area contributed by atoms with E-state index in [1.807, 2.05) is 10.9 Å². The third-order valence-electron chi connectivity index (χ3n) is 6.38. The van der Waals surface area contributed by atoms with Crippen molar-refractivity contribution in [2.45, 2.75) is 31.3 Å². The fraction of sp³-hybridized carbons (Fsp3) is 0.500. The third-order valence-corrected chi connectivity index (χ3v) is 6.96. The Morgan fingerprint density at radius 2 is 2.03 bits per heavy atom. The number of halogens is 1. The van der Waals surface area contributed by atoms with Crippen LogP contribution in [0.1, 0.15) is 25.3 Å². The Hall–Kier alpha value is -2.46. The lowest BCUT2D eigenvalue weighted by molar-refractivity contribution is -0.122. The number of anilines is 3. The highest BCUT2D eigenvalue weighted by atomic mass is 79.9. The van der Waals surface area contributed by atoms with Crippen LogP contribution in [-0.4, -0.2) is 44.8 Å². The van der Waals surface area contributed by atoms with Crippen molar-refractivity contribution < 1.29 is 4.79 Å². The maximum absolute atomic E-state index is 12.0. The second-order valence-corrected chi connectivity index (χ2v) is 9.11. The minimum absolute atomic E-state index is 0.0563. The molecule has 0 radical (unpaired) electrons. The summed E-state index contributed by atoms with van der Waals surface area (Å²) in [4.78, 5) is 21.0. The maximum Gasteiger partial charge on any atom is 0.229 e. The number of amides is 1. The molecular weight excluding hydrogens is 448 g/mol. The molecule has 2 fully saturated rings. The van der Waals surface area contributed by atoms with Crippen LogP contribution in [0.4, 0.5) is 17.5 Å². The summed E-state index contributed by atoms with van der Waals surface area (Å²) >= 11 is 3.52. The highest BCUT2D eigenvalue weighted by Crippen LogP contribution is 2.45. The van der Waals surface area contributed by atoms with Crippen molar-refractivity contribution in [3.63, 3.8) is 0 Å². The first kappa shape index (κ1) is 19.5. The first-order chi connectivity index (χ1) is 14.6. The van der Waals surface area contributed by atoms with Gasteiger partial charge in [0.15, 0.2) is 0 Å². The van der Waals surface area contributed by atoms with Gasteiger partial charge in [0.1, 0.15) is 5.82 Å². The highest BCUT2D eigenvalue weighted by Gasteiger charge is 2.47. The molecule has 1 saturated heterocycles. The van der Waals surface area contributed by atoms with Crippen LogP contribution in [0.3, 0.4) is 0 Å². The topological polar surface area (TPSA) is 123 Å². The van der Waals surface area contributed by atoms with Crippen molar-refractivity contribution in [3.8, 4) is 0 Å². The van der Waals surface area contributed by atoms with E-state index in [0.717, 1.165) is 42.5 Å². The number of hydrogen-bond donors (Lipinski definition) is 4. The summed E-state index contributed by atoms with van der Waals surface area (Å²) in [6.45, 7) is 2.03. The van der Waals surface area contributed by atoms with E-state index in [1.165, 1.54) is 0 Å². The lowest BCUT2D eigenvalue weighted by atomic mass is 9.88. The molecule has 9 nitrogen and oxygen atoms in total. The van der Waals surface area contributed by atoms with Gasteiger partial charge in [0.05, 0.1) is 28.3 Å². The van der Waals surface area contributed by atoms with E-state index in [2.05, 4.69) is 59.1 Å². The Labute approximate surface area is 183 Å². The van der Waals surface area contributed by atoms with Crippen molar-refractivity contribution >= 4 is 39.3 Å². The molecule has 5 rings (SSSR count). The highest BCUT2D eigenvalue weighted by molar-refractivity contribution is 9.10. The van der Waals surface area contributed by atoms with Crippen molar-refractivity contribution in [1.29, 1.82) is 0 Å². The standard InChI is InChI=1S/C20H25BrN8O/c21-15-9-24-20(26-13-8-25-29(10-13)14-3-5-23-6-4-14)28-19(15)27-17-12-2-1-11(7-12)16(17)18(22)30/h1-2,8-12,14,16-17,23H,3-7H2,(H2,22,30)(H2,24,26,27,28)/t11?,12-,16?,17+/m0/s1. The maximum atomic E-state index is 12.0. The lowest BCUT2D eigenvalue weighted by Gasteiger charge is -2.27. The van der Waals surface area contributed by atoms with Crippen LogP contribution in [0.15, 0.2) is 35.2 Å². The number of carbonyl (C=O) groups excluding carboxylic acids is 1. The monoisotopic (exact) mass is 472 g/mol. The molecule has 0 spiro atoms. The van der Waals surface area contributed by atoms with E-state index in [0.29, 0.717) is 17.8 Å². The number of primary amides is 1. The number of hydrogen-bond acceptors (Lipinski definition) is 7. The van der Waals surface area contributed by atoms with Gasteiger partial charge in [-0.1, -0.05) is 12.2 Å². The van der Waals surface area contributed by atoms with E-state index in [9.17, 15) is 4.79 Å². The summed E-state index contributed by atoms with van der Waals surface area (Å²) in [5.74, 6) is 1.13. The van der Waals surface area contributed by atoms with Gasteiger partial charge in [0.25, 0.3) is 0 Å². The molecule has 0 aromatic carbocycles. The van der Waals surface area contributed by atoms with Crippen LogP contribution < -0.4 is 21.7 Å². The largest absolute Gasteiger partial charge is 0.369 e. The van der Waals surface area contributed by atoms with Crippen molar-refractivity contribution in [1.82, 2.24) is 25.1 Å². The predicted octanol–water partition coefficient (Wildman–Crippen LogP) is 2.19. The molecule has 2 aliphatic carbocycles. The molecule has 2 bridgehead atoms. The number of fused-ring (bicyclic) bond motifs is 2. The third kappa shape index (κ3) is 3.69. The zero-order valence-corrected chi connectivity index (χ0v) is 18.0. The van der Waals surface area contributed by atoms with Gasteiger partial charge in [0.2, 0.25) is 11.9 Å². The Kier molecular flexibility index (Phi) is 5.20. The molecule has 4 atom stereocenters. The Balaban J connectivity index is 1.31. The van der Waals surface area contributed by atoms with Crippen LogP contribution in [0.2, 0.25) is 0 Å². The van der Waals surface area contributed by atoms with Gasteiger partial charge in [-0.15, -0.1) is 0 Å². The van der Waals surface area contributed by atoms with E-state index in [-0.39, 0.29) is 29.7 Å². The number of nitrogens with one attached hydrogen (secondary N) is 3. The van der Waals surface area contributed by atoms with E-state index in [4.69, 9.17) is 5.73 Å². The average molecular weight is 473 g/mol. The number of rotatable bonds is 6. The van der Waals surface area contributed by atoms with Crippen LogP contribution in [-0.2, 0) is 4.79 Å². The molecule has 3 aliphatic rings. The molecule has 2 unspecified atom stereocenters. The van der Waals surface area contributed by atoms with Gasteiger partial charge in [0, 0.05) is 18.4 Å². The van der Waals surface area contributed by atoms with Gasteiger partial charge in [-0.25, -0.2) is 4.98 Å². The minimum atomic E-state index is -0.266. The normalized spacial score (nSPS) is 28.0.